The molecule has 3 rings (SSSR count). The van der Waals surface area contributed by atoms with Gasteiger partial charge >= 0.3 is 5.97 Å². The zero-order valence-electron chi connectivity index (χ0n) is 16.7. The fraction of sp³-hybridized carbons (Fsp3) is 0.273. The molecule has 5 nitrogen and oxygen atoms in total. The first-order chi connectivity index (χ1) is 14.0. The van der Waals surface area contributed by atoms with E-state index in [1.54, 1.807) is 18.3 Å². The maximum Gasteiger partial charge on any atom is 0.350 e. The molecule has 1 N–H and O–H groups in total. The van der Waals surface area contributed by atoms with Crippen LogP contribution >= 0.6 is 22.7 Å². The van der Waals surface area contributed by atoms with Gasteiger partial charge < -0.3 is 10.1 Å². The highest BCUT2D eigenvalue weighted by Crippen LogP contribution is 2.35. The zero-order chi connectivity index (χ0) is 20.8. The van der Waals surface area contributed by atoms with Gasteiger partial charge in [0.15, 0.2) is 0 Å². The normalized spacial score (nSPS) is 12.0. The number of likely N-dealkylation sites (N-methyl/N-ethyl adjacent to an activating group) is 1. The van der Waals surface area contributed by atoms with Gasteiger partial charge in [-0.25, -0.2) is 4.79 Å². The van der Waals surface area contributed by atoms with Crippen LogP contribution in [0.15, 0.2) is 53.9 Å². The van der Waals surface area contributed by atoms with Gasteiger partial charge in [0.25, 0.3) is 0 Å². The lowest BCUT2D eigenvalue weighted by Crippen LogP contribution is -2.32. The highest BCUT2D eigenvalue weighted by atomic mass is 32.1. The van der Waals surface area contributed by atoms with Gasteiger partial charge in [-0.2, -0.15) is 0 Å². The second kappa shape index (κ2) is 9.82. The summed E-state index contributed by atoms with van der Waals surface area (Å²) < 4.78 is 5.18. The Balaban J connectivity index is 1.76. The SMILES string of the molecule is CCOC(=O)c1sc(-c2ccccc2)cc1NC(=O)CN(C)C(C)c1cccs1. The van der Waals surface area contributed by atoms with Crippen molar-refractivity contribution in [1.29, 1.82) is 0 Å². The molecule has 0 spiro atoms. The van der Waals surface area contributed by atoms with E-state index in [0.717, 1.165) is 10.4 Å². The quantitative estimate of drug-likeness (QED) is 0.496. The van der Waals surface area contributed by atoms with Gasteiger partial charge in [0.1, 0.15) is 4.88 Å². The molecule has 0 aliphatic heterocycles. The van der Waals surface area contributed by atoms with E-state index in [0.29, 0.717) is 10.6 Å². The van der Waals surface area contributed by atoms with Gasteiger partial charge in [-0.15, -0.1) is 22.7 Å². The third-order valence-corrected chi connectivity index (χ3v) is 6.74. The summed E-state index contributed by atoms with van der Waals surface area (Å²) in [4.78, 5) is 29.6. The highest BCUT2D eigenvalue weighted by Gasteiger charge is 2.21. The number of ether oxygens (including phenoxy) is 1. The summed E-state index contributed by atoms with van der Waals surface area (Å²) in [5.74, 6) is -0.589. The van der Waals surface area contributed by atoms with Crippen molar-refractivity contribution in [3.05, 3.63) is 63.7 Å². The van der Waals surface area contributed by atoms with Crippen LogP contribution in [0.25, 0.3) is 10.4 Å². The minimum absolute atomic E-state index is 0.132. The van der Waals surface area contributed by atoms with Crippen LogP contribution in [0.1, 0.15) is 34.4 Å². The third kappa shape index (κ3) is 5.32. The standard InChI is InChI=1S/C22H24N2O3S2/c1-4-27-22(26)21-17(13-19(29-21)16-9-6-5-7-10-16)23-20(25)14-24(3)15(2)18-11-8-12-28-18/h5-13,15H,4,14H2,1-3H3,(H,23,25). The van der Waals surface area contributed by atoms with E-state index in [2.05, 4.69) is 18.3 Å². The van der Waals surface area contributed by atoms with Gasteiger partial charge in [0.2, 0.25) is 5.91 Å². The molecule has 1 amide bonds. The van der Waals surface area contributed by atoms with Gasteiger partial charge in [0.05, 0.1) is 18.8 Å². The van der Waals surface area contributed by atoms with Crippen LogP contribution < -0.4 is 5.32 Å². The predicted octanol–water partition coefficient (Wildman–Crippen LogP) is 5.28. The number of carbonyl (C=O) groups is 2. The van der Waals surface area contributed by atoms with Crippen molar-refractivity contribution >= 4 is 40.2 Å². The number of thiophene rings is 2. The van der Waals surface area contributed by atoms with Crippen molar-refractivity contribution < 1.29 is 14.3 Å². The minimum Gasteiger partial charge on any atom is -0.462 e. The number of hydrogen-bond donors (Lipinski definition) is 1. The summed E-state index contributed by atoms with van der Waals surface area (Å²) >= 11 is 2.99. The number of carbonyl (C=O) groups excluding carboxylic acids is 2. The van der Waals surface area contributed by atoms with Crippen molar-refractivity contribution in [1.82, 2.24) is 4.90 Å². The lowest BCUT2D eigenvalue weighted by molar-refractivity contribution is -0.117. The molecule has 0 aliphatic rings. The van der Waals surface area contributed by atoms with Gasteiger partial charge in [0, 0.05) is 15.8 Å². The van der Waals surface area contributed by atoms with Crippen molar-refractivity contribution in [3.8, 4) is 10.4 Å². The number of benzene rings is 1. The second-order valence-electron chi connectivity index (χ2n) is 6.59. The van der Waals surface area contributed by atoms with Crippen LogP contribution in [0.2, 0.25) is 0 Å². The molecule has 29 heavy (non-hydrogen) atoms. The fourth-order valence-electron chi connectivity index (χ4n) is 2.88. The number of hydrogen-bond acceptors (Lipinski definition) is 6. The Morgan fingerprint density at radius 3 is 2.59 bits per heavy atom. The number of anilines is 1. The van der Waals surface area contributed by atoms with Crippen LogP contribution in [0.5, 0.6) is 0 Å². The molecule has 0 bridgehead atoms. The Hall–Kier alpha value is -2.48. The van der Waals surface area contributed by atoms with E-state index in [-0.39, 0.29) is 25.1 Å². The number of amides is 1. The van der Waals surface area contributed by atoms with Crippen molar-refractivity contribution in [2.75, 3.05) is 25.5 Å². The lowest BCUT2D eigenvalue weighted by atomic mass is 10.2. The summed E-state index contributed by atoms with van der Waals surface area (Å²) in [6.45, 7) is 4.34. The first kappa shape index (κ1) is 21.2. The summed E-state index contributed by atoms with van der Waals surface area (Å²) in [5.41, 5.74) is 1.49. The van der Waals surface area contributed by atoms with Crippen LogP contribution in [0.4, 0.5) is 5.69 Å². The lowest BCUT2D eigenvalue weighted by Gasteiger charge is -2.23. The topological polar surface area (TPSA) is 58.6 Å². The summed E-state index contributed by atoms with van der Waals surface area (Å²) in [5, 5.41) is 4.93. The smallest absolute Gasteiger partial charge is 0.350 e. The first-order valence-electron chi connectivity index (χ1n) is 9.39. The second-order valence-corrected chi connectivity index (χ2v) is 8.63. The van der Waals surface area contributed by atoms with Crippen LogP contribution in [-0.4, -0.2) is 37.0 Å². The molecule has 0 radical (unpaired) electrons. The Kier molecular flexibility index (Phi) is 7.19. The molecule has 3 aromatic rings. The Morgan fingerprint density at radius 2 is 1.93 bits per heavy atom. The van der Waals surface area contributed by atoms with E-state index in [9.17, 15) is 9.59 Å². The molecule has 0 aliphatic carbocycles. The molecular weight excluding hydrogens is 404 g/mol. The minimum atomic E-state index is -0.421. The summed E-state index contributed by atoms with van der Waals surface area (Å²) in [6.07, 6.45) is 0. The van der Waals surface area contributed by atoms with Crippen molar-refractivity contribution in [2.24, 2.45) is 0 Å². The third-order valence-electron chi connectivity index (χ3n) is 4.53. The van der Waals surface area contributed by atoms with E-state index in [1.165, 1.54) is 16.2 Å². The van der Waals surface area contributed by atoms with E-state index < -0.39 is 5.97 Å². The summed E-state index contributed by atoms with van der Waals surface area (Å²) in [7, 11) is 1.92. The number of nitrogens with zero attached hydrogens (tertiary/aromatic N) is 1. The monoisotopic (exact) mass is 428 g/mol. The molecule has 2 heterocycles. The Bertz CT molecular complexity index is 952. The molecule has 0 saturated carbocycles. The molecule has 0 saturated heterocycles. The summed E-state index contributed by atoms with van der Waals surface area (Å²) in [6, 6.07) is 15.8. The number of esters is 1. The number of nitrogens with one attached hydrogen (secondary N) is 1. The van der Waals surface area contributed by atoms with Crippen molar-refractivity contribution in [2.45, 2.75) is 19.9 Å². The van der Waals surface area contributed by atoms with Gasteiger partial charge in [-0.1, -0.05) is 36.4 Å². The fourth-order valence-corrected chi connectivity index (χ4v) is 4.74. The van der Waals surface area contributed by atoms with Gasteiger partial charge in [-0.3, -0.25) is 9.69 Å². The Labute approximate surface area is 178 Å². The highest BCUT2D eigenvalue weighted by molar-refractivity contribution is 7.18. The zero-order valence-corrected chi connectivity index (χ0v) is 18.3. The molecular formula is C22H24N2O3S2. The maximum atomic E-state index is 12.7. The molecule has 1 unspecified atom stereocenters. The van der Waals surface area contributed by atoms with Crippen LogP contribution in [0.3, 0.4) is 0 Å². The van der Waals surface area contributed by atoms with E-state index >= 15 is 0 Å². The first-order valence-corrected chi connectivity index (χ1v) is 11.1. The Morgan fingerprint density at radius 1 is 1.17 bits per heavy atom. The van der Waals surface area contributed by atoms with E-state index in [1.807, 2.05) is 59.8 Å². The molecule has 2 aromatic heterocycles. The van der Waals surface area contributed by atoms with Crippen molar-refractivity contribution in [3.63, 3.8) is 0 Å². The predicted molar refractivity (Wildman–Crippen MR) is 120 cm³/mol. The molecule has 1 atom stereocenters. The van der Waals surface area contributed by atoms with E-state index in [4.69, 9.17) is 4.74 Å². The average Bonchev–Trinajstić information content (AvgIpc) is 3.38. The molecule has 152 valence electrons. The molecule has 7 heteroatoms. The van der Waals surface area contributed by atoms with Crippen LogP contribution in [-0.2, 0) is 9.53 Å². The maximum absolute atomic E-state index is 12.7. The average molecular weight is 429 g/mol. The molecule has 0 fully saturated rings. The number of rotatable bonds is 8. The van der Waals surface area contributed by atoms with Crippen LogP contribution in [0, 0.1) is 0 Å². The molecule has 1 aromatic carbocycles. The largest absolute Gasteiger partial charge is 0.462 e. The van der Waals surface area contributed by atoms with Gasteiger partial charge in [-0.05, 0) is 44.0 Å².